The van der Waals surface area contributed by atoms with Crippen LogP contribution in [0.1, 0.15) is 18.9 Å². The molecular weight excluding hydrogens is 312 g/mol. The topological polar surface area (TPSA) is 55.6 Å². The fourth-order valence-electron chi connectivity index (χ4n) is 2.54. The minimum Gasteiger partial charge on any atom is -0.376 e. The van der Waals surface area contributed by atoms with Crippen LogP contribution < -0.4 is 4.90 Å². The van der Waals surface area contributed by atoms with E-state index in [-0.39, 0.29) is 16.7 Å². The Morgan fingerprint density at radius 3 is 2.84 bits per heavy atom. The summed E-state index contributed by atoms with van der Waals surface area (Å²) in [5.41, 5.74) is 2.07. The number of non-ortho nitro benzene ring substituents is 1. The molecule has 0 aliphatic carbocycles. The van der Waals surface area contributed by atoms with Crippen molar-refractivity contribution >= 4 is 27.3 Å². The number of nitrogens with zero attached hydrogens (tertiary/aromatic N) is 2. The quantitative estimate of drug-likeness (QED) is 0.484. The molecular formula is C13H17BrN2O3. The zero-order valence-corrected chi connectivity index (χ0v) is 12.6. The van der Waals surface area contributed by atoms with Crippen LogP contribution in [0, 0.1) is 10.1 Å². The van der Waals surface area contributed by atoms with Gasteiger partial charge in [-0.1, -0.05) is 15.9 Å². The van der Waals surface area contributed by atoms with Crippen molar-refractivity contribution in [3.63, 3.8) is 0 Å². The van der Waals surface area contributed by atoms with Crippen LogP contribution >= 0.6 is 15.9 Å². The molecule has 0 radical (unpaired) electrons. The first-order chi connectivity index (χ1) is 9.04. The van der Waals surface area contributed by atoms with Crippen molar-refractivity contribution in [1.29, 1.82) is 0 Å². The summed E-state index contributed by atoms with van der Waals surface area (Å²) < 4.78 is 5.58. The van der Waals surface area contributed by atoms with Crippen LogP contribution in [-0.4, -0.2) is 30.7 Å². The normalized spacial score (nSPS) is 22.5. The molecule has 1 aromatic carbocycles. The molecule has 0 saturated carbocycles. The summed E-state index contributed by atoms with van der Waals surface area (Å²) in [5, 5.41) is 11.4. The fourth-order valence-corrected chi connectivity index (χ4v) is 2.99. The van der Waals surface area contributed by atoms with E-state index in [2.05, 4.69) is 27.8 Å². The Balaban J connectivity index is 2.30. The van der Waals surface area contributed by atoms with Gasteiger partial charge < -0.3 is 9.64 Å². The van der Waals surface area contributed by atoms with Crippen LogP contribution in [0.5, 0.6) is 0 Å². The summed E-state index contributed by atoms with van der Waals surface area (Å²) in [6.07, 6.45) is 1.17. The summed E-state index contributed by atoms with van der Waals surface area (Å²) in [6, 6.07) is 5.32. The third kappa shape index (κ3) is 2.90. The van der Waals surface area contributed by atoms with E-state index in [1.54, 1.807) is 12.1 Å². The Hall–Kier alpha value is -1.14. The molecule has 1 saturated heterocycles. The van der Waals surface area contributed by atoms with E-state index in [4.69, 9.17) is 4.74 Å². The molecule has 1 aromatic rings. The standard InChI is InChI=1S/C13H17BrN2O3/c1-9-12(5-6-19-9)15(2)13-4-3-11(16(17)18)7-10(13)8-14/h3-4,7,9,12H,5-6,8H2,1-2H3. The van der Waals surface area contributed by atoms with Crippen LogP contribution in [0.15, 0.2) is 18.2 Å². The zero-order valence-electron chi connectivity index (χ0n) is 11.0. The number of hydrogen-bond donors (Lipinski definition) is 0. The van der Waals surface area contributed by atoms with Gasteiger partial charge in [0.05, 0.1) is 17.1 Å². The Morgan fingerprint density at radius 1 is 1.58 bits per heavy atom. The van der Waals surface area contributed by atoms with Gasteiger partial charge in [0.1, 0.15) is 0 Å². The Bertz CT molecular complexity index is 481. The van der Waals surface area contributed by atoms with E-state index in [1.807, 2.05) is 13.1 Å². The maximum atomic E-state index is 10.8. The molecule has 104 valence electrons. The fraction of sp³-hybridized carbons (Fsp3) is 0.538. The number of nitro groups is 1. The Kier molecular flexibility index (Phi) is 4.42. The molecule has 2 unspecified atom stereocenters. The SMILES string of the molecule is CC1OCCC1N(C)c1ccc([N+](=O)[O-])cc1CBr. The minimum absolute atomic E-state index is 0.127. The van der Waals surface area contributed by atoms with Gasteiger partial charge in [0.2, 0.25) is 0 Å². The van der Waals surface area contributed by atoms with Crippen molar-refractivity contribution in [3.05, 3.63) is 33.9 Å². The van der Waals surface area contributed by atoms with Crippen molar-refractivity contribution < 1.29 is 9.66 Å². The highest BCUT2D eigenvalue weighted by atomic mass is 79.9. The van der Waals surface area contributed by atoms with E-state index >= 15 is 0 Å². The molecule has 1 aliphatic heterocycles. The monoisotopic (exact) mass is 328 g/mol. The molecule has 5 nitrogen and oxygen atoms in total. The van der Waals surface area contributed by atoms with Crippen molar-refractivity contribution in [2.24, 2.45) is 0 Å². The van der Waals surface area contributed by atoms with Gasteiger partial charge in [-0.15, -0.1) is 0 Å². The summed E-state index contributed by atoms with van der Waals surface area (Å²) >= 11 is 3.40. The molecule has 0 N–H and O–H groups in total. The van der Waals surface area contributed by atoms with Crippen molar-refractivity contribution in [2.45, 2.75) is 30.8 Å². The summed E-state index contributed by atoms with van der Waals surface area (Å²) in [5.74, 6) is 0. The number of hydrogen-bond acceptors (Lipinski definition) is 4. The number of ether oxygens (including phenoxy) is 1. The first-order valence-electron chi connectivity index (χ1n) is 6.22. The predicted molar refractivity (Wildman–Crippen MR) is 77.9 cm³/mol. The number of halogens is 1. The molecule has 1 aliphatic rings. The lowest BCUT2D eigenvalue weighted by molar-refractivity contribution is -0.384. The number of nitro benzene ring substituents is 1. The Labute approximate surface area is 120 Å². The van der Waals surface area contributed by atoms with Gasteiger partial charge in [-0.3, -0.25) is 10.1 Å². The lowest BCUT2D eigenvalue weighted by atomic mass is 10.1. The number of anilines is 1. The molecule has 2 atom stereocenters. The summed E-state index contributed by atoms with van der Waals surface area (Å²) in [7, 11) is 2.02. The van der Waals surface area contributed by atoms with Crippen LogP contribution in [0.2, 0.25) is 0 Å². The second kappa shape index (κ2) is 5.88. The second-order valence-electron chi connectivity index (χ2n) is 4.75. The smallest absolute Gasteiger partial charge is 0.269 e. The molecule has 1 fully saturated rings. The van der Waals surface area contributed by atoms with Gasteiger partial charge in [-0.2, -0.15) is 0 Å². The lowest BCUT2D eigenvalue weighted by Gasteiger charge is -2.30. The highest BCUT2D eigenvalue weighted by Crippen LogP contribution is 2.31. The van der Waals surface area contributed by atoms with E-state index in [9.17, 15) is 10.1 Å². The van der Waals surface area contributed by atoms with E-state index in [0.29, 0.717) is 11.4 Å². The van der Waals surface area contributed by atoms with Gasteiger partial charge in [0, 0.05) is 36.8 Å². The van der Waals surface area contributed by atoms with Gasteiger partial charge in [0.25, 0.3) is 5.69 Å². The third-order valence-corrected chi connectivity index (χ3v) is 4.24. The maximum absolute atomic E-state index is 10.8. The molecule has 0 aromatic heterocycles. The van der Waals surface area contributed by atoms with Gasteiger partial charge in [-0.25, -0.2) is 0 Å². The molecule has 0 amide bonds. The largest absolute Gasteiger partial charge is 0.376 e. The average molecular weight is 329 g/mol. The highest BCUT2D eigenvalue weighted by Gasteiger charge is 2.29. The van der Waals surface area contributed by atoms with Crippen LogP contribution in [0.25, 0.3) is 0 Å². The zero-order chi connectivity index (χ0) is 14.0. The maximum Gasteiger partial charge on any atom is 0.269 e. The molecule has 6 heteroatoms. The number of benzene rings is 1. The van der Waals surface area contributed by atoms with E-state index in [0.717, 1.165) is 24.3 Å². The molecule has 0 spiro atoms. The predicted octanol–water partition coefficient (Wildman–Crippen LogP) is 3.10. The van der Waals surface area contributed by atoms with Crippen molar-refractivity contribution in [1.82, 2.24) is 0 Å². The van der Waals surface area contributed by atoms with Crippen LogP contribution in [-0.2, 0) is 10.1 Å². The molecule has 1 heterocycles. The summed E-state index contributed by atoms with van der Waals surface area (Å²) in [4.78, 5) is 12.6. The van der Waals surface area contributed by atoms with Crippen LogP contribution in [0.4, 0.5) is 11.4 Å². The molecule has 2 rings (SSSR count). The minimum atomic E-state index is -0.364. The second-order valence-corrected chi connectivity index (χ2v) is 5.31. The average Bonchev–Trinajstić information content (AvgIpc) is 2.83. The molecule has 0 bridgehead atoms. The van der Waals surface area contributed by atoms with Gasteiger partial charge >= 0.3 is 0 Å². The van der Waals surface area contributed by atoms with E-state index in [1.165, 1.54) is 0 Å². The lowest BCUT2D eigenvalue weighted by Crippen LogP contribution is -2.37. The first kappa shape index (κ1) is 14.3. The number of rotatable bonds is 4. The van der Waals surface area contributed by atoms with Crippen molar-refractivity contribution in [2.75, 3.05) is 18.6 Å². The van der Waals surface area contributed by atoms with Crippen LogP contribution in [0.3, 0.4) is 0 Å². The Morgan fingerprint density at radius 2 is 2.32 bits per heavy atom. The van der Waals surface area contributed by atoms with E-state index < -0.39 is 0 Å². The van der Waals surface area contributed by atoms with Crippen molar-refractivity contribution in [3.8, 4) is 0 Å². The summed E-state index contributed by atoms with van der Waals surface area (Å²) in [6.45, 7) is 2.83. The molecule has 19 heavy (non-hydrogen) atoms. The number of likely N-dealkylation sites (N-methyl/N-ethyl adjacent to an activating group) is 1. The first-order valence-corrected chi connectivity index (χ1v) is 7.34. The van der Waals surface area contributed by atoms with Gasteiger partial charge in [-0.05, 0) is 25.0 Å². The number of alkyl halides is 1. The van der Waals surface area contributed by atoms with Gasteiger partial charge in [0.15, 0.2) is 0 Å². The highest BCUT2D eigenvalue weighted by molar-refractivity contribution is 9.08. The third-order valence-electron chi connectivity index (χ3n) is 3.63.